The van der Waals surface area contributed by atoms with Crippen LogP contribution in [0.15, 0.2) is 12.1 Å². The molecule has 47 heavy (non-hydrogen) atoms. The van der Waals surface area contributed by atoms with Gasteiger partial charge in [0.05, 0.1) is 32.8 Å². The van der Waals surface area contributed by atoms with Crippen molar-refractivity contribution in [2.75, 3.05) is 43.4 Å². The van der Waals surface area contributed by atoms with Crippen LogP contribution >= 0.6 is 70.0 Å². The number of aryl methyl sites for hydroxylation is 2. The maximum Gasteiger partial charge on any atom is 0.340 e. The minimum atomic E-state index is -0.481. The molecule has 0 unspecified atom stereocenters. The first-order valence-electron chi connectivity index (χ1n) is 17.0. The van der Waals surface area contributed by atoms with Crippen molar-refractivity contribution in [1.82, 2.24) is 4.58 Å². The third-order valence-electron chi connectivity index (χ3n) is 10.4. The molecule has 0 saturated carbocycles. The van der Waals surface area contributed by atoms with E-state index in [0.29, 0.717) is 20.8 Å². The molecule has 0 N–H and O–H groups in total. The van der Waals surface area contributed by atoms with Crippen molar-refractivity contribution in [1.29, 1.82) is 0 Å². The zero-order chi connectivity index (χ0) is 32.4. The van der Waals surface area contributed by atoms with E-state index in [1.165, 1.54) is 33.3 Å². The normalized spacial score (nSPS) is 17.4. The van der Waals surface area contributed by atoms with Crippen molar-refractivity contribution in [3.05, 3.63) is 80.3 Å². The summed E-state index contributed by atoms with van der Waals surface area (Å²) in [5.41, 5.74) is 9.48. The topological polar surface area (TPSA) is 41.8 Å². The van der Waals surface area contributed by atoms with E-state index in [-0.39, 0.29) is 15.6 Å². The zero-order valence-electron chi connectivity index (χ0n) is 26.3. The maximum atomic E-state index is 14.1. The number of fused-ring (bicyclic) bond motifs is 4. The van der Waals surface area contributed by atoms with Crippen molar-refractivity contribution >= 4 is 87.3 Å². The molecule has 0 spiro atoms. The summed E-state index contributed by atoms with van der Waals surface area (Å²) in [4.78, 5) is 16.7. The molecular formula is C37H37Cl3IN2O3S+. The SMILES string of the molecule is O=C(OCCCCCS)c1c(Cl)c(Cl)c(Cl)c(I)c1C1=c2cc3c4c(c2Oc2c1cc1c5c2CCCN5CCC1)CCC[N+]=4CCC3. The number of carbonyl (C=O) groups excluding carboxylic acids is 1. The monoisotopic (exact) mass is 821 g/mol. The van der Waals surface area contributed by atoms with Crippen LogP contribution in [0.2, 0.25) is 15.1 Å². The van der Waals surface area contributed by atoms with E-state index in [9.17, 15) is 4.79 Å². The number of carbonyl (C=O) groups is 1. The van der Waals surface area contributed by atoms with E-state index in [0.717, 1.165) is 130 Å². The predicted molar refractivity (Wildman–Crippen MR) is 202 cm³/mol. The Morgan fingerprint density at radius 3 is 2.45 bits per heavy atom. The molecule has 8 rings (SSSR count). The van der Waals surface area contributed by atoms with Gasteiger partial charge in [-0.1, -0.05) is 34.8 Å². The quantitative estimate of drug-likeness (QED) is 0.0391. The van der Waals surface area contributed by atoms with Gasteiger partial charge >= 0.3 is 5.97 Å². The smallest absolute Gasteiger partial charge is 0.340 e. The summed E-state index contributed by atoms with van der Waals surface area (Å²) in [7, 11) is 0. The van der Waals surface area contributed by atoms with E-state index in [1.54, 1.807) is 0 Å². The van der Waals surface area contributed by atoms with Gasteiger partial charge < -0.3 is 14.4 Å². The lowest BCUT2D eigenvalue weighted by Gasteiger charge is -2.39. The van der Waals surface area contributed by atoms with Gasteiger partial charge in [0, 0.05) is 68.2 Å². The van der Waals surface area contributed by atoms with Gasteiger partial charge in [-0.3, -0.25) is 0 Å². The van der Waals surface area contributed by atoms with Gasteiger partial charge in [-0.15, -0.1) is 0 Å². The largest absolute Gasteiger partial charge is 0.462 e. The van der Waals surface area contributed by atoms with Crippen molar-refractivity contribution in [2.45, 2.75) is 70.6 Å². The lowest BCUT2D eigenvalue weighted by atomic mass is 9.81. The highest BCUT2D eigenvalue weighted by atomic mass is 127. The highest BCUT2D eigenvalue weighted by molar-refractivity contribution is 14.1. The van der Waals surface area contributed by atoms with Crippen LogP contribution in [0.3, 0.4) is 0 Å². The fourth-order valence-electron chi connectivity index (χ4n) is 8.47. The van der Waals surface area contributed by atoms with Gasteiger partial charge in [0.15, 0.2) is 0 Å². The molecular weight excluding hydrogens is 786 g/mol. The summed E-state index contributed by atoms with van der Waals surface area (Å²) in [5, 5.41) is 2.99. The maximum absolute atomic E-state index is 14.1. The molecule has 0 radical (unpaired) electrons. The standard InChI is InChI=1S/C37H36Cl3IN2O3S/c38-29-28(37(44)45-16-2-1-3-17-47)27(32(41)31(40)30(29)39)26-24-18-20-8-4-12-42-14-6-10-22(33(20)42)35(24)46-36-23-11-7-15-43-13-5-9-21(34(23)43)19-25(26)36/h18-19H,1-17H2/p+1. The number of nitrogens with zero attached hydrogens (tertiary/aromatic N) is 2. The van der Waals surface area contributed by atoms with Gasteiger partial charge in [-0.05, 0) is 104 Å². The number of unbranched alkanes of at least 4 members (excludes halogenated alkanes) is 2. The Hall–Kier alpha value is -1.65. The number of ether oxygens (including phenoxy) is 2. The molecule has 0 aliphatic carbocycles. The van der Waals surface area contributed by atoms with Crippen LogP contribution in [0, 0.1) is 3.57 Å². The van der Waals surface area contributed by atoms with Crippen molar-refractivity contribution < 1.29 is 14.3 Å². The summed E-state index contributed by atoms with van der Waals surface area (Å²) < 4.78 is 16.4. The van der Waals surface area contributed by atoms with Crippen molar-refractivity contribution in [2.24, 2.45) is 0 Å². The minimum absolute atomic E-state index is 0.130. The van der Waals surface area contributed by atoms with E-state index in [1.807, 2.05) is 0 Å². The molecule has 0 atom stereocenters. The average molecular weight is 823 g/mol. The third-order valence-corrected chi connectivity index (χ3v) is 13.5. The van der Waals surface area contributed by atoms with Crippen LogP contribution < -0.4 is 24.8 Å². The summed E-state index contributed by atoms with van der Waals surface area (Å²) in [6.45, 7) is 4.59. The number of anilines is 1. The second-order valence-electron chi connectivity index (χ2n) is 13.3. The van der Waals surface area contributed by atoms with Gasteiger partial charge in [-0.2, -0.15) is 12.6 Å². The van der Waals surface area contributed by atoms with Gasteiger partial charge in [0.25, 0.3) is 0 Å². The van der Waals surface area contributed by atoms with Crippen molar-refractivity contribution in [3.8, 4) is 11.5 Å². The van der Waals surface area contributed by atoms with Crippen LogP contribution in [0.4, 0.5) is 5.69 Å². The molecule has 3 aromatic carbocycles. The van der Waals surface area contributed by atoms with Crippen molar-refractivity contribution in [3.63, 3.8) is 0 Å². The molecule has 3 aromatic rings. The van der Waals surface area contributed by atoms with Crippen LogP contribution in [0.5, 0.6) is 11.5 Å². The molecule has 0 saturated heterocycles. The van der Waals surface area contributed by atoms with Gasteiger partial charge in [0.1, 0.15) is 24.6 Å². The van der Waals surface area contributed by atoms with E-state index < -0.39 is 5.97 Å². The summed E-state index contributed by atoms with van der Waals surface area (Å²) in [6, 6.07) is 4.64. The molecule has 5 nitrogen and oxygen atoms in total. The first-order chi connectivity index (χ1) is 22.9. The third kappa shape index (κ3) is 5.40. The summed E-state index contributed by atoms with van der Waals surface area (Å²) in [6.07, 6.45) is 11.0. The second kappa shape index (κ2) is 13.2. The lowest BCUT2D eigenvalue weighted by Crippen LogP contribution is -2.45. The van der Waals surface area contributed by atoms with E-state index in [2.05, 4.69) is 56.8 Å². The molecule has 5 aliphatic heterocycles. The van der Waals surface area contributed by atoms with Crippen LogP contribution in [0.1, 0.15) is 88.7 Å². The summed E-state index contributed by atoms with van der Waals surface area (Å²) >= 11 is 27.3. The van der Waals surface area contributed by atoms with Gasteiger partial charge in [-0.25, -0.2) is 9.37 Å². The average Bonchev–Trinajstić information content (AvgIpc) is 3.09. The lowest BCUT2D eigenvalue weighted by molar-refractivity contribution is 0.0498. The number of halogens is 4. The Balaban J connectivity index is 1.46. The molecule has 0 fully saturated rings. The second-order valence-corrected chi connectivity index (χ2v) is 15.9. The highest BCUT2D eigenvalue weighted by Gasteiger charge is 2.38. The fourth-order valence-corrected chi connectivity index (χ4v) is 10.4. The zero-order valence-corrected chi connectivity index (χ0v) is 31.6. The predicted octanol–water partition coefficient (Wildman–Crippen LogP) is 7.94. The molecule has 0 amide bonds. The Morgan fingerprint density at radius 2 is 1.64 bits per heavy atom. The number of esters is 1. The molecule has 246 valence electrons. The summed E-state index contributed by atoms with van der Waals surface area (Å²) in [5.74, 6) is 2.14. The molecule has 0 bridgehead atoms. The Labute approximate surface area is 309 Å². The van der Waals surface area contributed by atoms with E-state index in [4.69, 9.17) is 44.3 Å². The number of hydrogen-bond donors (Lipinski definition) is 1. The van der Waals surface area contributed by atoms with Crippen LogP contribution in [-0.2, 0) is 30.4 Å². The van der Waals surface area contributed by atoms with E-state index >= 15 is 0 Å². The molecule has 5 aliphatic rings. The Bertz CT molecular complexity index is 1980. The first kappa shape index (κ1) is 32.5. The Kier molecular flexibility index (Phi) is 9.17. The fraction of sp³-hybridized carbons (Fsp3) is 0.459. The number of hydrogen-bond acceptors (Lipinski definition) is 5. The first-order valence-corrected chi connectivity index (χ1v) is 19.8. The minimum Gasteiger partial charge on any atom is -0.462 e. The van der Waals surface area contributed by atoms with Crippen LogP contribution in [0.25, 0.3) is 5.57 Å². The van der Waals surface area contributed by atoms with Crippen LogP contribution in [-0.4, -0.2) is 44.5 Å². The number of benzene rings is 3. The van der Waals surface area contributed by atoms with Gasteiger partial charge in [0.2, 0.25) is 5.36 Å². The number of thiol groups is 1. The molecule has 0 aromatic heterocycles. The molecule has 10 heteroatoms. The molecule has 5 heterocycles. The Morgan fingerprint density at radius 1 is 0.894 bits per heavy atom. The highest BCUT2D eigenvalue weighted by Crippen LogP contribution is 2.51. The number of rotatable bonds is 7.